The third kappa shape index (κ3) is 4.32. The number of hydrogen-bond donors (Lipinski definition) is 3. The minimum Gasteiger partial charge on any atom is -0.497 e. The predicted octanol–water partition coefficient (Wildman–Crippen LogP) is 6.09. The van der Waals surface area contributed by atoms with E-state index in [-0.39, 0.29) is 5.82 Å². The van der Waals surface area contributed by atoms with Crippen LogP contribution in [0.5, 0.6) is 5.75 Å². The molecule has 0 aliphatic carbocycles. The van der Waals surface area contributed by atoms with E-state index in [1.165, 1.54) is 19.2 Å². The number of fused-ring (bicyclic) bond motifs is 2. The molecular weight excluding hydrogens is 467 g/mol. The topological polar surface area (TPSA) is 91.5 Å². The Bertz CT molecular complexity index is 1740. The van der Waals surface area contributed by atoms with Crippen molar-refractivity contribution in [2.24, 2.45) is 0 Å². The van der Waals surface area contributed by atoms with E-state index in [9.17, 15) is 4.39 Å². The summed E-state index contributed by atoms with van der Waals surface area (Å²) in [7, 11) is 1.53. The lowest BCUT2D eigenvalue weighted by Gasteiger charge is -2.06. The summed E-state index contributed by atoms with van der Waals surface area (Å²) in [6.45, 7) is 3.77. The molecule has 0 aliphatic rings. The number of aromatic amines is 2. The summed E-state index contributed by atoms with van der Waals surface area (Å²) in [5.74, 6) is 0.107. The molecule has 4 heterocycles. The van der Waals surface area contributed by atoms with Crippen LogP contribution in [0, 0.1) is 5.82 Å². The first kappa shape index (κ1) is 22.9. The maximum Gasteiger partial charge on any atom is 0.138 e. The van der Waals surface area contributed by atoms with Crippen LogP contribution < -0.4 is 10.1 Å². The van der Waals surface area contributed by atoms with Crippen LogP contribution in [0.1, 0.15) is 12.5 Å². The smallest absolute Gasteiger partial charge is 0.138 e. The second-order valence-corrected chi connectivity index (χ2v) is 8.88. The average Bonchev–Trinajstić information content (AvgIpc) is 3.55. The van der Waals surface area contributed by atoms with Crippen molar-refractivity contribution in [1.82, 2.24) is 30.5 Å². The number of pyridine rings is 2. The van der Waals surface area contributed by atoms with Crippen LogP contribution in [0.3, 0.4) is 0 Å². The monoisotopic (exact) mass is 492 g/mol. The van der Waals surface area contributed by atoms with Crippen LogP contribution in [0.4, 0.5) is 4.39 Å². The van der Waals surface area contributed by atoms with Crippen molar-refractivity contribution >= 4 is 21.9 Å². The third-order valence-corrected chi connectivity index (χ3v) is 6.48. The predicted molar refractivity (Wildman–Crippen MR) is 144 cm³/mol. The molecule has 8 heteroatoms. The maximum absolute atomic E-state index is 14.2. The molecule has 0 saturated heterocycles. The molecule has 7 nitrogen and oxygen atoms in total. The van der Waals surface area contributed by atoms with Crippen LogP contribution in [0.15, 0.2) is 73.2 Å². The van der Waals surface area contributed by atoms with Gasteiger partial charge in [0.2, 0.25) is 0 Å². The highest BCUT2D eigenvalue weighted by Crippen LogP contribution is 2.35. The molecule has 0 unspecified atom stereocenters. The van der Waals surface area contributed by atoms with Crippen LogP contribution in [-0.4, -0.2) is 38.8 Å². The van der Waals surface area contributed by atoms with Gasteiger partial charge < -0.3 is 15.0 Å². The molecule has 6 aromatic rings. The van der Waals surface area contributed by atoms with Gasteiger partial charge in [0.1, 0.15) is 22.9 Å². The van der Waals surface area contributed by atoms with E-state index in [1.807, 2.05) is 36.7 Å². The standard InChI is InChI=1S/C29H25FN6O/c1-3-31-14-17-8-20(16-32-15-17)18-4-5-26-25(11-18)28(36-35-26)27-13-24-23(6-7-33-29(24)34-27)19-9-21(30)12-22(10-19)37-2/h4-13,15-16,31H,3,14H2,1-2H3,(H,33,34)(H,35,36). The lowest BCUT2D eigenvalue weighted by atomic mass is 10.0. The number of rotatable bonds is 7. The third-order valence-electron chi connectivity index (χ3n) is 6.48. The van der Waals surface area contributed by atoms with Crippen molar-refractivity contribution in [3.63, 3.8) is 0 Å². The van der Waals surface area contributed by atoms with Crippen molar-refractivity contribution in [3.8, 4) is 39.4 Å². The number of nitrogens with zero attached hydrogens (tertiary/aromatic N) is 3. The van der Waals surface area contributed by atoms with Gasteiger partial charge in [0.25, 0.3) is 0 Å². The molecule has 0 radical (unpaired) electrons. The molecule has 4 aromatic heterocycles. The number of ether oxygens (including phenoxy) is 1. The van der Waals surface area contributed by atoms with E-state index in [2.05, 4.69) is 55.6 Å². The van der Waals surface area contributed by atoms with E-state index in [1.54, 1.807) is 6.20 Å². The van der Waals surface area contributed by atoms with Gasteiger partial charge in [0.05, 0.1) is 18.3 Å². The van der Waals surface area contributed by atoms with E-state index < -0.39 is 0 Å². The zero-order chi connectivity index (χ0) is 25.4. The van der Waals surface area contributed by atoms with Crippen molar-refractivity contribution in [1.29, 1.82) is 0 Å². The lowest BCUT2D eigenvalue weighted by molar-refractivity contribution is 0.411. The highest BCUT2D eigenvalue weighted by atomic mass is 19.1. The fourth-order valence-corrected chi connectivity index (χ4v) is 4.65. The Morgan fingerprint density at radius 3 is 2.73 bits per heavy atom. The van der Waals surface area contributed by atoms with E-state index in [0.29, 0.717) is 17.0 Å². The molecule has 2 aromatic carbocycles. The zero-order valence-corrected chi connectivity index (χ0v) is 20.5. The second-order valence-electron chi connectivity index (χ2n) is 8.88. The lowest BCUT2D eigenvalue weighted by Crippen LogP contribution is -2.11. The Balaban J connectivity index is 1.43. The molecule has 0 amide bonds. The van der Waals surface area contributed by atoms with Crippen molar-refractivity contribution in [3.05, 3.63) is 84.6 Å². The minimum atomic E-state index is -0.357. The fourth-order valence-electron chi connectivity index (χ4n) is 4.65. The number of H-pyrrole nitrogens is 2. The van der Waals surface area contributed by atoms with Gasteiger partial charge in [-0.3, -0.25) is 10.1 Å². The average molecular weight is 493 g/mol. The number of nitrogens with one attached hydrogen (secondary N) is 3. The molecule has 0 bridgehead atoms. The SMILES string of the molecule is CCNCc1cncc(-c2ccc3[nH]nc(-c4cc5c(-c6cc(F)cc(OC)c6)ccnc5[nH]4)c3c2)c1. The Kier molecular flexibility index (Phi) is 5.86. The summed E-state index contributed by atoms with van der Waals surface area (Å²) in [5, 5.41) is 12.9. The molecule has 0 fully saturated rings. The first-order valence-corrected chi connectivity index (χ1v) is 12.1. The van der Waals surface area contributed by atoms with Crippen molar-refractivity contribution in [2.75, 3.05) is 13.7 Å². The molecular formula is C29H25FN6O. The summed E-state index contributed by atoms with van der Waals surface area (Å²) in [6.07, 6.45) is 5.48. The van der Waals surface area contributed by atoms with E-state index >= 15 is 0 Å². The summed E-state index contributed by atoms with van der Waals surface area (Å²) in [6, 6.07) is 16.9. The van der Waals surface area contributed by atoms with E-state index in [0.717, 1.165) is 63.0 Å². The van der Waals surface area contributed by atoms with Gasteiger partial charge in [0, 0.05) is 47.5 Å². The fraction of sp³-hybridized carbons (Fsp3) is 0.138. The summed E-state index contributed by atoms with van der Waals surface area (Å²) >= 11 is 0. The molecule has 184 valence electrons. The van der Waals surface area contributed by atoms with Crippen LogP contribution in [0.2, 0.25) is 0 Å². The molecule has 37 heavy (non-hydrogen) atoms. The molecule has 0 spiro atoms. The highest BCUT2D eigenvalue weighted by molar-refractivity contribution is 6.00. The number of hydrogen-bond acceptors (Lipinski definition) is 5. The Hall–Kier alpha value is -4.56. The first-order valence-electron chi connectivity index (χ1n) is 12.1. The molecule has 6 rings (SSSR count). The molecule has 3 N–H and O–H groups in total. The summed E-state index contributed by atoms with van der Waals surface area (Å²) in [4.78, 5) is 12.3. The van der Waals surface area contributed by atoms with Gasteiger partial charge in [-0.15, -0.1) is 0 Å². The number of benzene rings is 2. The molecule has 0 saturated carbocycles. The maximum atomic E-state index is 14.2. The number of halogens is 1. The Labute approximate surface area is 212 Å². The first-order chi connectivity index (χ1) is 18.1. The number of aromatic nitrogens is 5. The highest BCUT2D eigenvalue weighted by Gasteiger charge is 2.16. The largest absolute Gasteiger partial charge is 0.497 e. The van der Waals surface area contributed by atoms with Crippen LogP contribution >= 0.6 is 0 Å². The second kappa shape index (κ2) is 9.48. The Morgan fingerprint density at radius 2 is 1.86 bits per heavy atom. The number of methoxy groups -OCH3 is 1. The van der Waals surface area contributed by atoms with Gasteiger partial charge in [-0.05, 0) is 71.3 Å². The van der Waals surface area contributed by atoms with E-state index in [4.69, 9.17) is 4.74 Å². The summed E-state index contributed by atoms with van der Waals surface area (Å²) < 4.78 is 19.5. The molecule has 0 aliphatic heterocycles. The van der Waals surface area contributed by atoms with Gasteiger partial charge >= 0.3 is 0 Å². The van der Waals surface area contributed by atoms with Gasteiger partial charge in [-0.1, -0.05) is 13.0 Å². The molecule has 0 atom stereocenters. The quantitative estimate of drug-likeness (QED) is 0.251. The van der Waals surface area contributed by atoms with Gasteiger partial charge in [-0.2, -0.15) is 5.10 Å². The van der Waals surface area contributed by atoms with Crippen molar-refractivity contribution in [2.45, 2.75) is 13.5 Å². The summed E-state index contributed by atoms with van der Waals surface area (Å²) in [5.41, 5.74) is 8.04. The van der Waals surface area contributed by atoms with Crippen molar-refractivity contribution < 1.29 is 9.13 Å². The van der Waals surface area contributed by atoms with Gasteiger partial charge in [0.15, 0.2) is 0 Å². The Morgan fingerprint density at radius 1 is 0.946 bits per heavy atom. The van der Waals surface area contributed by atoms with Crippen LogP contribution in [0.25, 0.3) is 55.6 Å². The normalized spacial score (nSPS) is 11.4. The van der Waals surface area contributed by atoms with Gasteiger partial charge in [-0.25, -0.2) is 9.37 Å². The van der Waals surface area contributed by atoms with Crippen LogP contribution in [-0.2, 0) is 6.54 Å². The zero-order valence-electron chi connectivity index (χ0n) is 20.5. The minimum absolute atomic E-state index is 0.357.